The number of hydrogen-bond acceptors (Lipinski definition) is 5. The van der Waals surface area contributed by atoms with Crippen LogP contribution in [-0.4, -0.2) is 33.4 Å². The maximum Gasteiger partial charge on any atom is 0.295 e. The van der Waals surface area contributed by atoms with Crippen molar-refractivity contribution in [2.24, 2.45) is 0 Å². The molecule has 1 saturated heterocycles. The van der Waals surface area contributed by atoms with Crippen LogP contribution in [0.2, 0.25) is 0 Å². The fourth-order valence-electron chi connectivity index (χ4n) is 4.65. The van der Waals surface area contributed by atoms with Gasteiger partial charge < -0.3 is 19.8 Å². The zero-order chi connectivity index (χ0) is 26.1. The molecule has 2 N–H and O–H groups in total. The lowest BCUT2D eigenvalue weighted by Crippen LogP contribution is -2.29. The van der Waals surface area contributed by atoms with E-state index >= 15 is 0 Å². The van der Waals surface area contributed by atoms with Crippen LogP contribution in [0.5, 0.6) is 11.5 Å². The van der Waals surface area contributed by atoms with Crippen molar-refractivity contribution in [3.63, 3.8) is 0 Å². The van der Waals surface area contributed by atoms with Crippen molar-refractivity contribution in [3.05, 3.63) is 99.1 Å². The Morgan fingerprint density at radius 3 is 2.28 bits per heavy atom. The number of carbonyl (C=O) groups is 2. The molecule has 186 valence electrons. The average molecular weight is 486 g/mol. The predicted molar refractivity (Wildman–Crippen MR) is 139 cm³/mol. The second kappa shape index (κ2) is 9.90. The Bertz CT molecular complexity index is 1390. The number of hydrogen-bond donors (Lipinski definition) is 2. The van der Waals surface area contributed by atoms with Crippen molar-refractivity contribution >= 4 is 17.4 Å². The van der Waals surface area contributed by atoms with E-state index in [0.29, 0.717) is 17.7 Å². The molecule has 36 heavy (non-hydrogen) atoms. The third kappa shape index (κ3) is 4.59. The molecule has 1 amide bonds. The van der Waals surface area contributed by atoms with Gasteiger partial charge in [0.05, 0.1) is 18.2 Å². The first-order chi connectivity index (χ1) is 17.1. The molecular weight excluding hydrogens is 454 g/mol. The highest BCUT2D eigenvalue weighted by Crippen LogP contribution is 2.43. The minimum absolute atomic E-state index is 0.0205. The van der Waals surface area contributed by atoms with Crippen LogP contribution in [-0.2, 0) is 16.1 Å². The number of nitrogens with zero attached hydrogens (tertiary/aromatic N) is 1. The number of phenolic OH excluding ortho intramolecular Hbond substituents is 1. The Kier molecular flexibility index (Phi) is 6.88. The average Bonchev–Trinajstić information content (AvgIpc) is 3.09. The summed E-state index contributed by atoms with van der Waals surface area (Å²) >= 11 is 0. The third-order valence-electron chi connectivity index (χ3n) is 6.63. The number of aliphatic hydroxyl groups is 1. The van der Waals surface area contributed by atoms with Gasteiger partial charge in [-0.15, -0.1) is 0 Å². The van der Waals surface area contributed by atoms with Gasteiger partial charge in [-0.05, 0) is 75.1 Å². The van der Waals surface area contributed by atoms with Gasteiger partial charge >= 0.3 is 0 Å². The first-order valence-corrected chi connectivity index (χ1v) is 12.0. The van der Waals surface area contributed by atoms with Crippen molar-refractivity contribution in [3.8, 4) is 11.5 Å². The smallest absolute Gasteiger partial charge is 0.295 e. The highest BCUT2D eigenvalue weighted by Gasteiger charge is 2.46. The molecule has 1 unspecified atom stereocenters. The van der Waals surface area contributed by atoms with E-state index in [1.54, 1.807) is 19.1 Å². The number of carbonyl (C=O) groups excluding carboxylic acids is 2. The first-order valence-electron chi connectivity index (χ1n) is 12.0. The van der Waals surface area contributed by atoms with Crippen LogP contribution in [0, 0.1) is 27.7 Å². The number of ether oxygens (including phenoxy) is 1. The lowest BCUT2D eigenvalue weighted by molar-refractivity contribution is -0.140. The molecule has 0 radical (unpaired) electrons. The van der Waals surface area contributed by atoms with E-state index in [9.17, 15) is 19.8 Å². The van der Waals surface area contributed by atoms with E-state index in [1.807, 2.05) is 64.1 Å². The number of aryl methyl sites for hydroxylation is 4. The molecule has 0 saturated carbocycles. The van der Waals surface area contributed by atoms with Gasteiger partial charge in [-0.25, -0.2) is 0 Å². The molecule has 0 bridgehead atoms. The zero-order valence-corrected chi connectivity index (χ0v) is 21.3. The largest absolute Gasteiger partial charge is 0.507 e. The van der Waals surface area contributed by atoms with Crippen molar-refractivity contribution in [2.45, 2.75) is 47.2 Å². The molecule has 0 aliphatic carbocycles. The van der Waals surface area contributed by atoms with Gasteiger partial charge in [-0.3, -0.25) is 9.59 Å². The quantitative estimate of drug-likeness (QED) is 0.268. The van der Waals surface area contributed by atoms with Crippen LogP contribution < -0.4 is 4.74 Å². The molecule has 1 atom stereocenters. The highest BCUT2D eigenvalue weighted by atomic mass is 16.5. The van der Waals surface area contributed by atoms with Gasteiger partial charge in [0, 0.05) is 12.1 Å². The van der Waals surface area contributed by atoms with Gasteiger partial charge in [-0.2, -0.15) is 0 Å². The number of likely N-dealkylation sites (tertiary alicyclic amines) is 1. The molecule has 1 aliphatic rings. The van der Waals surface area contributed by atoms with Gasteiger partial charge in [0.25, 0.3) is 11.7 Å². The van der Waals surface area contributed by atoms with E-state index in [4.69, 9.17) is 4.74 Å². The number of benzene rings is 3. The Morgan fingerprint density at radius 1 is 0.917 bits per heavy atom. The summed E-state index contributed by atoms with van der Waals surface area (Å²) in [6.45, 7) is 10.0. The second-order valence-corrected chi connectivity index (χ2v) is 9.34. The monoisotopic (exact) mass is 485 g/mol. The Labute approximate surface area is 211 Å². The van der Waals surface area contributed by atoms with Gasteiger partial charge in [0.2, 0.25) is 0 Å². The highest BCUT2D eigenvalue weighted by molar-refractivity contribution is 6.46. The number of phenols is 1. The second-order valence-electron chi connectivity index (χ2n) is 9.34. The molecule has 4 rings (SSSR count). The van der Waals surface area contributed by atoms with Crippen LogP contribution in [0.25, 0.3) is 5.76 Å². The summed E-state index contributed by atoms with van der Waals surface area (Å²) in [6, 6.07) is 15.5. The number of rotatable bonds is 6. The molecule has 1 fully saturated rings. The molecule has 0 spiro atoms. The lowest BCUT2D eigenvalue weighted by atomic mass is 9.93. The summed E-state index contributed by atoms with van der Waals surface area (Å²) in [7, 11) is 0. The van der Waals surface area contributed by atoms with Crippen molar-refractivity contribution < 1.29 is 24.5 Å². The van der Waals surface area contributed by atoms with E-state index in [1.165, 1.54) is 11.0 Å². The van der Waals surface area contributed by atoms with Crippen LogP contribution in [0.3, 0.4) is 0 Å². The fraction of sp³-hybridized carbons (Fsp3) is 0.267. The van der Waals surface area contributed by atoms with Crippen molar-refractivity contribution in [1.82, 2.24) is 4.90 Å². The number of aromatic hydroxyl groups is 1. The summed E-state index contributed by atoms with van der Waals surface area (Å²) in [6.07, 6.45) is 0. The van der Waals surface area contributed by atoms with Crippen LogP contribution >= 0.6 is 0 Å². The van der Waals surface area contributed by atoms with E-state index in [-0.39, 0.29) is 29.4 Å². The predicted octanol–water partition coefficient (Wildman–Crippen LogP) is 5.65. The maximum absolute atomic E-state index is 13.4. The molecular formula is C30H31NO5. The van der Waals surface area contributed by atoms with Crippen molar-refractivity contribution in [1.29, 1.82) is 0 Å². The summed E-state index contributed by atoms with van der Waals surface area (Å²) < 4.78 is 5.58. The third-order valence-corrected chi connectivity index (χ3v) is 6.63. The van der Waals surface area contributed by atoms with Crippen LogP contribution in [0.15, 0.2) is 60.2 Å². The summed E-state index contributed by atoms with van der Waals surface area (Å²) in [5.41, 5.74) is 5.76. The molecule has 3 aromatic carbocycles. The van der Waals surface area contributed by atoms with Gasteiger partial charge in [0.1, 0.15) is 5.76 Å². The Hall–Kier alpha value is -4.06. The molecule has 0 aromatic heterocycles. The maximum atomic E-state index is 13.4. The topological polar surface area (TPSA) is 87.1 Å². The van der Waals surface area contributed by atoms with E-state index in [2.05, 4.69) is 0 Å². The number of ketones is 1. The van der Waals surface area contributed by atoms with Crippen molar-refractivity contribution in [2.75, 3.05) is 6.61 Å². The minimum Gasteiger partial charge on any atom is -0.507 e. The molecule has 3 aromatic rings. The molecule has 6 nitrogen and oxygen atoms in total. The van der Waals surface area contributed by atoms with Gasteiger partial charge in [-0.1, -0.05) is 47.5 Å². The minimum atomic E-state index is -0.857. The van der Waals surface area contributed by atoms with E-state index in [0.717, 1.165) is 27.8 Å². The lowest BCUT2D eigenvalue weighted by Gasteiger charge is -2.27. The van der Waals surface area contributed by atoms with Gasteiger partial charge in [0.15, 0.2) is 11.5 Å². The number of amides is 1. The first kappa shape index (κ1) is 25.0. The zero-order valence-electron chi connectivity index (χ0n) is 21.3. The van der Waals surface area contributed by atoms with Crippen LogP contribution in [0.4, 0.5) is 0 Å². The summed E-state index contributed by atoms with van der Waals surface area (Å²) in [5, 5.41) is 21.7. The SMILES string of the molecule is CCOc1cc(C2/C(=C(\O)c3cc(C)ccc3C)C(=O)C(=O)N2Cc2cc(C)ccc2C)ccc1O. The number of Topliss-reactive ketones (excluding diaryl/α,β-unsaturated/α-hetero) is 1. The standard InChI is InChI=1S/C30H31NO5/c1-6-36-25-15-21(11-12-24(25)32)27-26(28(33)23-14-18(3)8-10-20(23)5)29(34)30(35)31(27)16-22-13-17(2)7-9-19(22)4/h7-15,27,32-33H,6,16H2,1-5H3/b28-26+. The summed E-state index contributed by atoms with van der Waals surface area (Å²) in [5.74, 6) is -1.43. The Morgan fingerprint density at radius 2 is 1.58 bits per heavy atom. The van der Waals surface area contributed by atoms with Crippen LogP contribution in [0.1, 0.15) is 51.9 Å². The normalized spacial score (nSPS) is 17.0. The summed E-state index contributed by atoms with van der Waals surface area (Å²) in [4.78, 5) is 28.3. The van der Waals surface area contributed by atoms with E-state index < -0.39 is 17.7 Å². The molecule has 1 heterocycles. The molecule has 6 heteroatoms. The Balaban J connectivity index is 1.94. The molecule has 1 aliphatic heterocycles. The fourth-order valence-corrected chi connectivity index (χ4v) is 4.65. The number of aliphatic hydroxyl groups excluding tert-OH is 1.